The minimum Gasteiger partial charge on any atom is -0.326 e. The summed E-state index contributed by atoms with van der Waals surface area (Å²) in [6.07, 6.45) is -0.0288. The number of alkyl halides is 1. The molecule has 24 heavy (non-hydrogen) atoms. The van der Waals surface area contributed by atoms with Crippen molar-refractivity contribution < 1.29 is 23.6 Å². The first-order valence-electron chi connectivity index (χ1n) is 7.46. The summed E-state index contributed by atoms with van der Waals surface area (Å²) >= 11 is 0. The second kappa shape index (κ2) is 4.99. The van der Waals surface area contributed by atoms with E-state index in [4.69, 9.17) is 4.84 Å². The quantitative estimate of drug-likeness (QED) is 0.814. The highest BCUT2D eigenvalue weighted by Crippen LogP contribution is 2.55. The molecule has 6 heteroatoms. The molecule has 0 unspecified atom stereocenters. The maximum absolute atomic E-state index is 14.8. The Hall–Kier alpha value is -3.02. The number of rotatable bonds is 3. The highest BCUT2D eigenvalue weighted by Gasteiger charge is 2.64. The van der Waals surface area contributed by atoms with Gasteiger partial charge in [-0.15, -0.1) is 0 Å². The largest absolute Gasteiger partial charge is 0.370 e. The topological polar surface area (TPSA) is 63.7 Å². The molecule has 1 saturated carbocycles. The van der Waals surface area contributed by atoms with Gasteiger partial charge in [-0.05, 0) is 17.7 Å². The predicted molar refractivity (Wildman–Crippen MR) is 80.7 cm³/mol. The van der Waals surface area contributed by atoms with Gasteiger partial charge in [0.1, 0.15) is 0 Å². The van der Waals surface area contributed by atoms with Crippen LogP contribution in [0.2, 0.25) is 0 Å². The Balaban J connectivity index is 1.52. The van der Waals surface area contributed by atoms with E-state index in [0.717, 1.165) is 0 Å². The molecule has 2 aromatic rings. The summed E-state index contributed by atoms with van der Waals surface area (Å²) < 4.78 is 14.8. The number of fused-ring (bicyclic) bond motifs is 1. The van der Waals surface area contributed by atoms with Crippen molar-refractivity contribution in [3.8, 4) is 0 Å². The van der Waals surface area contributed by atoms with E-state index in [1.807, 2.05) is 0 Å². The minimum absolute atomic E-state index is 0.0288. The van der Waals surface area contributed by atoms with Gasteiger partial charge >= 0.3 is 5.97 Å². The van der Waals surface area contributed by atoms with Crippen LogP contribution < -0.4 is 0 Å². The van der Waals surface area contributed by atoms with Crippen molar-refractivity contribution in [1.82, 2.24) is 5.06 Å². The van der Waals surface area contributed by atoms with Crippen molar-refractivity contribution in [2.45, 2.75) is 18.0 Å². The van der Waals surface area contributed by atoms with Crippen LogP contribution in [0.5, 0.6) is 0 Å². The molecule has 2 atom stereocenters. The monoisotopic (exact) mass is 325 g/mol. The zero-order chi connectivity index (χ0) is 16.9. The number of halogens is 1. The van der Waals surface area contributed by atoms with E-state index in [2.05, 4.69) is 0 Å². The lowest BCUT2D eigenvalue weighted by Crippen LogP contribution is -2.37. The lowest BCUT2D eigenvalue weighted by molar-refractivity contribution is -0.176. The standard InChI is InChI=1S/C18H12FNO4/c19-18(10-14(18)11-6-2-1-3-7-11)17(23)24-20-15(21)12-8-4-5-9-13(12)16(20)22/h1-9,14H,10H2/t14-,18-/m0/s1. The number of carbonyl (C=O) groups excluding carboxylic acids is 3. The molecule has 2 amide bonds. The van der Waals surface area contributed by atoms with Gasteiger partial charge in [0.15, 0.2) is 0 Å². The van der Waals surface area contributed by atoms with Crippen molar-refractivity contribution >= 4 is 17.8 Å². The average Bonchev–Trinajstić information content (AvgIpc) is 3.26. The van der Waals surface area contributed by atoms with Crippen molar-refractivity contribution in [2.24, 2.45) is 0 Å². The molecular formula is C18H12FNO4. The second-order valence-electron chi connectivity index (χ2n) is 5.86. The van der Waals surface area contributed by atoms with E-state index in [1.165, 1.54) is 12.1 Å². The zero-order valence-corrected chi connectivity index (χ0v) is 12.4. The fraction of sp³-hybridized carbons (Fsp3) is 0.167. The van der Waals surface area contributed by atoms with Gasteiger partial charge < -0.3 is 4.84 Å². The molecule has 1 aliphatic carbocycles. The fourth-order valence-corrected chi connectivity index (χ4v) is 2.94. The second-order valence-corrected chi connectivity index (χ2v) is 5.86. The number of nitrogens with zero attached hydrogens (tertiary/aromatic N) is 1. The smallest absolute Gasteiger partial charge is 0.326 e. The van der Waals surface area contributed by atoms with E-state index in [-0.39, 0.29) is 17.5 Å². The molecule has 120 valence electrons. The van der Waals surface area contributed by atoms with Crippen LogP contribution >= 0.6 is 0 Å². The SMILES string of the molecule is O=C1c2ccccc2C(=O)N1OC(=O)[C@]1(F)C[C@H]1c1ccccc1. The first-order chi connectivity index (χ1) is 11.5. The summed E-state index contributed by atoms with van der Waals surface area (Å²) in [7, 11) is 0. The van der Waals surface area contributed by atoms with Crippen LogP contribution in [0.25, 0.3) is 0 Å². The van der Waals surface area contributed by atoms with E-state index in [1.54, 1.807) is 42.5 Å². The van der Waals surface area contributed by atoms with Crippen molar-refractivity contribution in [3.63, 3.8) is 0 Å². The van der Waals surface area contributed by atoms with Crippen LogP contribution in [0.4, 0.5) is 4.39 Å². The number of imide groups is 1. The molecule has 1 fully saturated rings. The van der Waals surface area contributed by atoms with Gasteiger partial charge in [-0.3, -0.25) is 9.59 Å². The molecule has 0 spiro atoms. The van der Waals surface area contributed by atoms with Gasteiger partial charge in [-0.2, -0.15) is 0 Å². The average molecular weight is 325 g/mol. The molecular weight excluding hydrogens is 313 g/mol. The number of benzene rings is 2. The van der Waals surface area contributed by atoms with E-state index >= 15 is 0 Å². The van der Waals surface area contributed by atoms with E-state index in [0.29, 0.717) is 10.6 Å². The van der Waals surface area contributed by atoms with Crippen LogP contribution in [-0.2, 0) is 9.63 Å². The molecule has 2 aromatic carbocycles. The molecule has 1 aliphatic heterocycles. The van der Waals surface area contributed by atoms with E-state index in [9.17, 15) is 18.8 Å². The number of hydroxylamine groups is 2. The van der Waals surface area contributed by atoms with Gasteiger partial charge in [0.25, 0.3) is 11.8 Å². The Kier molecular flexibility index (Phi) is 3.03. The number of hydrogen-bond acceptors (Lipinski definition) is 4. The van der Waals surface area contributed by atoms with Crippen molar-refractivity contribution in [3.05, 3.63) is 71.3 Å². The zero-order valence-electron chi connectivity index (χ0n) is 12.4. The van der Waals surface area contributed by atoms with E-state index < -0.39 is 29.4 Å². The van der Waals surface area contributed by atoms with Crippen LogP contribution in [0.3, 0.4) is 0 Å². The van der Waals surface area contributed by atoms with Gasteiger partial charge in [0, 0.05) is 12.3 Å². The summed E-state index contributed by atoms with van der Waals surface area (Å²) in [4.78, 5) is 41.3. The molecule has 1 heterocycles. The lowest BCUT2D eigenvalue weighted by atomic mass is 10.1. The summed E-state index contributed by atoms with van der Waals surface area (Å²) in [6.45, 7) is 0. The van der Waals surface area contributed by atoms with Crippen LogP contribution in [-0.4, -0.2) is 28.5 Å². The Bertz CT molecular complexity index is 831. The Morgan fingerprint density at radius 2 is 1.54 bits per heavy atom. The maximum atomic E-state index is 14.8. The summed E-state index contributed by atoms with van der Waals surface area (Å²) in [5.41, 5.74) is -1.26. The molecule has 0 aromatic heterocycles. The highest BCUT2D eigenvalue weighted by molar-refractivity contribution is 6.21. The molecule has 5 nitrogen and oxygen atoms in total. The molecule has 4 rings (SSSR count). The van der Waals surface area contributed by atoms with Crippen molar-refractivity contribution in [1.29, 1.82) is 0 Å². The Morgan fingerprint density at radius 3 is 2.12 bits per heavy atom. The maximum Gasteiger partial charge on any atom is 0.370 e. The fourth-order valence-electron chi connectivity index (χ4n) is 2.94. The van der Waals surface area contributed by atoms with Crippen molar-refractivity contribution in [2.75, 3.05) is 0 Å². The molecule has 0 N–H and O–H groups in total. The normalized spacial score (nSPS) is 24.7. The third-order valence-corrected chi connectivity index (χ3v) is 4.37. The highest BCUT2D eigenvalue weighted by atomic mass is 19.1. The van der Waals surface area contributed by atoms with Gasteiger partial charge in [0.05, 0.1) is 11.1 Å². The summed E-state index contributed by atoms with van der Waals surface area (Å²) in [5.74, 6) is -3.36. The lowest BCUT2D eigenvalue weighted by Gasteiger charge is -2.14. The molecule has 0 radical (unpaired) electrons. The first-order valence-corrected chi connectivity index (χ1v) is 7.46. The Labute approximate surface area is 136 Å². The van der Waals surface area contributed by atoms with Crippen LogP contribution in [0.1, 0.15) is 38.6 Å². The predicted octanol–water partition coefficient (Wildman–Crippen LogP) is 2.64. The Morgan fingerprint density at radius 1 is 1.00 bits per heavy atom. The van der Waals surface area contributed by atoms with Gasteiger partial charge in [-0.25, -0.2) is 9.18 Å². The number of amides is 2. The summed E-state index contributed by atoms with van der Waals surface area (Å²) in [5, 5.41) is 0.342. The number of carbonyl (C=O) groups is 3. The van der Waals surface area contributed by atoms with Gasteiger partial charge in [-0.1, -0.05) is 47.5 Å². The molecule has 0 bridgehead atoms. The number of hydrogen-bond donors (Lipinski definition) is 0. The minimum atomic E-state index is -2.21. The third-order valence-electron chi connectivity index (χ3n) is 4.37. The van der Waals surface area contributed by atoms with Crippen LogP contribution in [0, 0.1) is 0 Å². The van der Waals surface area contributed by atoms with Crippen LogP contribution in [0.15, 0.2) is 54.6 Å². The summed E-state index contributed by atoms with van der Waals surface area (Å²) in [6, 6.07) is 14.9. The van der Waals surface area contributed by atoms with Gasteiger partial charge in [0.2, 0.25) is 5.67 Å². The first kappa shape index (κ1) is 14.6. The molecule has 2 aliphatic rings. The third kappa shape index (κ3) is 2.03. The molecule has 0 saturated heterocycles.